The summed E-state index contributed by atoms with van der Waals surface area (Å²) in [5.41, 5.74) is 0. The van der Waals surface area contributed by atoms with Gasteiger partial charge in [0.25, 0.3) is 0 Å². The third-order valence-electron chi connectivity index (χ3n) is 2.88. The predicted molar refractivity (Wildman–Crippen MR) is 67.8 cm³/mol. The number of aliphatic hydroxyl groups excluding tert-OH is 1. The second kappa shape index (κ2) is 5.54. The molecule has 3 N–H and O–H groups in total. The quantitative estimate of drug-likeness (QED) is 0.735. The van der Waals surface area contributed by atoms with Crippen LogP contribution in [-0.2, 0) is 11.3 Å². The lowest BCUT2D eigenvalue weighted by Crippen LogP contribution is -2.45. The molecule has 2 heterocycles. The molecule has 2 amide bonds. The molecule has 0 spiro atoms. The van der Waals surface area contributed by atoms with E-state index in [4.69, 9.17) is 5.11 Å². The molecule has 2 rings (SSSR count). The Morgan fingerprint density at radius 1 is 1.63 bits per heavy atom. The molecule has 1 saturated heterocycles. The molecule has 0 saturated carbocycles. The maximum absolute atomic E-state index is 11.9. The Balaban J connectivity index is 1.93. The van der Waals surface area contributed by atoms with Gasteiger partial charge in [-0.3, -0.25) is 0 Å². The summed E-state index contributed by atoms with van der Waals surface area (Å²) in [6.45, 7) is 2.22. The number of β-amino-alcohol motifs (C(OH)–C–C–N with tert-alkyl or cyclic N) is 1. The van der Waals surface area contributed by atoms with Crippen molar-refractivity contribution in [1.29, 1.82) is 0 Å². The predicted octanol–water partition coefficient (Wildman–Crippen LogP) is 0.181. The van der Waals surface area contributed by atoms with Gasteiger partial charge in [0.15, 0.2) is 0 Å². The van der Waals surface area contributed by atoms with Gasteiger partial charge in [0.2, 0.25) is 0 Å². The van der Waals surface area contributed by atoms with Gasteiger partial charge >= 0.3 is 12.0 Å². The summed E-state index contributed by atoms with van der Waals surface area (Å²) in [4.78, 5) is 29.2. The highest BCUT2D eigenvalue weighted by atomic mass is 32.1. The third kappa shape index (κ3) is 3.21. The van der Waals surface area contributed by atoms with Crippen molar-refractivity contribution in [3.05, 3.63) is 16.1 Å². The van der Waals surface area contributed by atoms with Gasteiger partial charge in [-0.2, -0.15) is 0 Å². The van der Waals surface area contributed by atoms with E-state index in [9.17, 15) is 14.7 Å². The number of aliphatic hydroxyl groups is 1. The lowest BCUT2D eigenvalue weighted by Gasteiger charge is -2.21. The van der Waals surface area contributed by atoms with E-state index in [1.165, 1.54) is 11.3 Å². The number of urea groups is 1. The van der Waals surface area contributed by atoms with Gasteiger partial charge in [-0.05, 0) is 6.92 Å². The minimum absolute atomic E-state index is 0.0414. The van der Waals surface area contributed by atoms with Gasteiger partial charge in [-0.25, -0.2) is 14.6 Å². The summed E-state index contributed by atoms with van der Waals surface area (Å²) in [7, 11) is 0. The zero-order chi connectivity index (χ0) is 14.0. The van der Waals surface area contributed by atoms with Crippen LogP contribution in [-0.4, -0.2) is 50.8 Å². The highest BCUT2D eigenvalue weighted by molar-refractivity contribution is 7.11. The maximum atomic E-state index is 11.9. The number of nitrogens with zero attached hydrogens (tertiary/aromatic N) is 2. The number of hydrogen-bond donors (Lipinski definition) is 3. The Hall–Kier alpha value is -1.67. The van der Waals surface area contributed by atoms with Crippen molar-refractivity contribution in [2.75, 3.05) is 6.54 Å². The number of thiazole rings is 1. The number of carboxylic acids is 1. The lowest BCUT2D eigenvalue weighted by atomic mass is 10.2. The summed E-state index contributed by atoms with van der Waals surface area (Å²) in [6, 6.07) is -1.45. The molecule has 0 radical (unpaired) electrons. The van der Waals surface area contributed by atoms with Gasteiger partial charge in [0.05, 0.1) is 12.6 Å². The standard InChI is InChI=1S/C11H15N3O4S/c1-6-3-12-9(19-6)4-13-11(18)14-5-7(15)2-8(14)10(16)17/h3,7-8,15H,2,4-5H2,1H3,(H,13,18)(H,16,17)/t7?,8-/m0/s1. The highest BCUT2D eigenvalue weighted by Crippen LogP contribution is 2.18. The fourth-order valence-corrected chi connectivity index (χ4v) is 2.74. The normalized spacial score (nSPS) is 22.5. The van der Waals surface area contributed by atoms with E-state index in [1.807, 2.05) is 6.92 Å². The van der Waals surface area contributed by atoms with Crippen LogP contribution in [0, 0.1) is 6.92 Å². The molecule has 1 aromatic rings. The number of carbonyl (C=O) groups excluding carboxylic acids is 1. The van der Waals surface area contributed by atoms with Gasteiger partial charge in [0.1, 0.15) is 11.0 Å². The van der Waals surface area contributed by atoms with Crippen LogP contribution in [0.2, 0.25) is 0 Å². The molecule has 2 atom stereocenters. The Morgan fingerprint density at radius 3 is 2.95 bits per heavy atom. The molecule has 1 fully saturated rings. The number of carboxylic acid groups (broad SMARTS) is 1. The second-order valence-electron chi connectivity index (χ2n) is 4.42. The molecule has 0 aromatic carbocycles. The van der Waals surface area contributed by atoms with E-state index in [0.29, 0.717) is 0 Å². The van der Waals surface area contributed by atoms with Crippen LogP contribution >= 0.6 is 11.3 Å². The number of likely N-dealkylation sites (tertiary alicyclic amines) is 1. The highest BCUT2D eigenvalue weighted by Gasteiger charge is 2.38. The number of amides is 2. The number of aryl methyl sites for hydroxylation is 1. The first kappa shape index (κ1) is 13.8. The van der Waals surface area contributed by atoms with Crippen LogP contribution < -0.4 is 5.32 Å². The van der Waals surface area contributed by atoms with Gasteiger partial charge < -0.3 is 20.4 Å². The second-order valence-corrected chi connectivity index (χ2v) is 5.74. The van der Waals surface area contributed by atoms with Crippen molar-refractivity contribution in [2.45, 2.75) is 32.0 Å². The fourth-order valence-electron chi connectivity index (χ4n) is 2.01. The summed E-state index contributed by atoms with van der Waals surface area (Å²) in [5.74, 6) is -1.10. The first-order chi connectivity index (χ1) is 8.97. The molecule has 1 aliphatic heterocycles. The van der Waals surface area contributed by atoms with E-state index in [1.54, 1.807) is 6.20 Å². The van der Waals surface area contributed by atoms with E-state index in [0.717, 1.165) is 14.8 Å². The molecule has 0 aliphatic carbocycles. The SMILES string of the molecule is Cc1cnc(CNC(=O)N2CC(O)C[C@H]2C(=O)O)s1. The number of aromatic nitrogens is 1. The summed E-state index contributed by atoms with van der Waals surface area (Å²) in [6.07, 6.45) is 0.999. The monoisotopic (exact) mass is 285 g/mol. The van der Waals surface area contributed by atoms with E-state index < -0.39 is 24.1 Å². The van der Waals surface area contributed by atoms with Crippen LogP contribution in [0.3, 0.4) is 0 Å². The molecule has 1 unspecified atom stereocenters. The van der Waals surface area contributed by atoms with E-state index >= 15 is 0 Å². The van der Waals surface area contributed by atoms with Crippen molar-refractivity contribution < 1.29 is 19.8 Å². The average molecular weight is 285 g/mol. The minimum Gasteiger partial charge on any atom is -0.480 e. The smallest absolute Gasteiger partial charge is 0.326 e. The number of rotatable bonds is 3. The average Bonchev–Trinajstić information content (AvgIpc) is 2.92. The van der Waals surface area contributed by atoms with Crippen molar-refractivity contribution in [3.63, 3.8) is 0 Å². The maximum Gasteiger partial charge on any atom is 0.326 e. The van der Waals surface area contributed by atoms with Gasteiger partial charge in [-0.1, -0.05) is 0 Å². The molecular formula is C11H15N3O4S. The molecule has 104 valence electrons. The van der Waals surface area contributed by atoms with E-state index in [2.05, 4.69) is 10.3 Å². The third-order valence-corrected chi connectivity index (χ3v) is 3.80. The Labute approximate surface area is 113 Å². The molecule has 1 aromatic heterocycles. The van der Waals surface area contributed by atoms with Gasteiger partial charge in [-0.15, -0.1) is 11.3 Å². The van der Waals surface area contributed by atoms with Crippen LogP contribution in [0.1, 0.15) is 16.3 Å². The summed E-state index contributed by atoms with van der Waals surface area (Å²) in [5, 5.41) is 21.8. The van der Waals surface area contributed by atoms with Gasteiger partial charge in [0, 0.05) is 24.0 Å². The molecular weight excluding hydrogens is 270 g/mol. The molecule has 0 bridgehead atoms. The number of aliphatic carboxylic acids is 1. The summed E-state index contributed by atoms with van der Waals surface area (Å²) < 4.78 is 0. The summed E-state index contributed by atoms with van der Waals surface area (Å²) >= 11 is 1.47. The number of nitrogens with one attached hydrogen (secondary N) is 1. The van der Waals surface area contributed by atoms with E-state index in [-0.39, 0.29) is 19.5 Å². The van der Waals surface area contributed by atoms with Crippen LogP contribution in [0.4, 0.5) is 4.79 Å². The van der Waals surface area contributed by atoms with Crippen molar-refractivity contribution in [2.24, 2.45) is 0 Å². The van der Waals surface area contributed by atoms with Crippen LogP contribution in [0.5, 0.6) is 0 Å². The first-order valence-corrected chi connectivity index (χ1v) is 6.65. The van der Waals surface area contributed by atoms with Crippen molar-refractivity contribution in [1.82, 2.24) is 15.2 Å². The Kier molecular flexibility index (Phi) is 4.01. The topological polar surface area (TPSA) is 103 Å². The minimum atomic E-state index is -1.10. The zero-order valence-electron chi connectivity index (χ0n) is 10.4. The van der Waals surface area contributed by atoms with Crippen LogP contribution in [0.25, 0.3) is 0 Å². The first-order valence-electron chi connectivity index (χ1n) is 5.84. The zero-order valence-corrected chi connectivity index (χ0v) is 11.2. The number of carbonyl (C=O) groups is 2. The Bertz CT molecular complexity index is 490. The lowest BCUT2D eigenvalue weighted by molar-refractivity contribution is -0.141. The molecule has 19 heavy (non-hydrogen) atoms. The molecule has 8 heteroatoms. The van der Waals surface area contributed by atoms with Crippen LogP contribution in [0.15, 0.2) is 6.20 Å². The molecule has 1 aliphatic rings. The Morgan fingerprint density at radius 2 is 2.37 bits per heavy atom. The molecule has 7 nitrogen and oxygen atoms in total. The van der Waals surface area contributed by atoms with Crippen molar-refractivity contribution in [3.8, 4) is 0 Å². The van der Waals surface area contributed by atoms with Crippen molar-refractivity contribution >= 4 is 23.3 Å². The largest absolute Gasteiger partial charge is 0.480 e. The number of hydrogen-bond acceptors (Lipinski definition) is 5. The fraction of sp³-hybridized carbons (Fsp3) is 0.545.